The molecule has 0 aliphatic carbocycles. The van der Waals surface area contributed by atoms with Crippen LogP contribution in [-0.4, -0.2) is 19.0 Å². The molecule has 17 heavy (non-hydrogen) atoms. The van der Waals surface area contributed by atoms with E-state index in [0.29, 0.717) is 11.8 Å². The number of alkyl halides is 1. The molecule has 0 spiro atoms. The van der Waals surface area contributed by atoms with Gasteiger partial charge in [-0.3, -0.25) is 0 Å². The van der Waals surface area contributed by atoms with Gasteiger partial charge in [0.25, 0.3) is 0 Å². The fraction of sp³-hybridized carbons (Fsp3) is 0.571. The van der Waals surface area contributed by atoms with Crippen molar-refractivity contribution in [3.63, 3.8) is 0 Å². The van der Waals surface area contributed by atoms with Gasteiger partial charge in [-0.2, -0.15) is 0 Å². The first kappa shape index (κ1) is 15.0. The zero-order valence-corrected chi connectivity index (χ0v) is 12.8. The van der Waals surface area contributed by atoms with E-state index in [9.17, 15) is 0 Å². The Balaban J connectivity index is 2.60. The lowest BCUT2D eigenvalue weighted by Crippen LogP contribution is -2.18. The summed E-state index contributed by atoms with van der Waals surface area (Å²) in [4.78, 5) is 0. The van der Waals surface area contributed by atoms with E-state index in [1.54, 1.807) is 7.11 Å². The van der Waals surface area contributed by atoms with E-state index in [1.807, 2.05) is 18.2 Å². The number of rotatable bonds is 7. The molecule has 0 bridgehead atoms. The molecule has 0 aliphatic rings. The minimum absolute atomic E-state index is 0.602. The third-order valence-corrected chi connectivity index (χ3v) is 4.42. The topological polar surface area (TPSA) is 9.23 Å². The Hall–Kier alpha value is -0.0500. The van der Waals surface area contributed by atoms with Crippen molar-refractivity contribution in [2.45, 2.75) is 19.8 Å². The minimum atomic E-state index is 0.602. The number of ether oxygens (including phenoxy) is 1. The highest BCUT2D eigenvalue weighted by atomic mass is 79.9. The van der Waals surface area contributed by atoms with Crippen molar-refractivity contribution in [2.24, 2.45) is 11.8 Å². The molecule has 0 heterocycles. The smallest absolute Gasteiger partial charge is 0.0464 e. The van der Waals surface area contributed by atoms with Gasteiger partial charge >= 0.3 is 0 Å². The molecule has 1 nitrogen and oxygen atoms in total. The Bertz CT molecular complexity index is 330. The van der Waals surface area contributed by atoms with Gasteiger partial charge in [0, 0.05) is 24.1 Å². The maximum Gasteiger partial charge on any atom is 0.0464 e. The second kappa shape index (κ2) is 8.12. The first-order chi connectivity index (χ1) is 8.19. The summed E-state index contributed by atoms with van der Waals surface area (Å²) >= 11 is 9.80. The number of hydrogen-bond acceptors (Lipinski definition) is 1. The largest absolute Gasteiger partial charge is 0.385 e. The Labute approximate surface area is 118 Å². The molecule has 3 heteroatoms. The van der Waals surface area contributed by atoms with Crippen LogP contribution in [0.25, 0.3) is 0 Å². The number of methoxy groups -OCH3 is 1. The molecule has 0 amide bonds. The molecule has 96 valence electrons. The van der Waals surface area contributed by atoms with Crippen LogP contribution in [0.2, 0.25) is 5.02 Å². The van der Waals surface area contributed by atoms with Crippen molar-refractivity contribution in [1.82, 2.24) is 0 Å². The quantitative estimate of drug-likeness (QED) is 0.669. The summed E-state index contributed by atoms with van der Waals surface area (Å²) < 4.78 is 5.14. The van der Waals surface area contributed by atoms with Gasteiger partial charge in [0.05, 0.1) is 0 Å². The van der Waals surface area contributed by atoms with Crippen LogP contribution in [0, 0.1) is 11.8 Å². The second-order valence-electron chi connectivity index (χ2n) is 4.47. The summed E-state index contributed by atoms with van der Waals surface area (Å²) in [5.41, 5.74) is 1.24. The highest BCUT2D eigenvalue weighted by Crippen LogP contribution is 2.26. The first-order valence-electron chi connectivity index (χ1n) is 5.97. The van der Waals surface area contributed by atoms with Crippen molar-refractivity contribution in [3.8, 4) is 0 Å². The van der Waals surface area contributed by atoms with Gasteiger partial charge in [-0.15, -0.1) is 0 Å². The van der Waals surface area contributed by atoms with Gasteiger partial charge in [-0.05, 0) is 36.3 Å². The Morgan fingerprint density at radius 1 is 1.35 bits per heavy atom. The summed E-state index contributed by atoms with van der Waals surface area (Å²) in [6.07, 6.45) is 2.12. The third kappa shape index (κ3) is 4.99. The normalized spacial score (nSPS) is 14.6. The highest BCUT2D eigenvalue weighted by molar-refractivity contribution is 9.09. The molecule has 2 unspecified atom stereocenters. The number of hydrogen-bond donors (Lipinski definition) is 0. The van der Waals surface area contributed by atoms with Gasteiger partial charge in [0.2, 0.25) is 0 Å². The molecule has 0 fully saturated rings. The molecule has 0 radical (unpaired) electrons. The van der Waals surface area contributed by atoms with E-state index < -0.39 is 0 Å². The van der Waals surface area contributed by atoms with Gasteiger partial charge < -0.3 is 4.74 Å². The summed E-state index contributed by atoms with van der Waals surface area (Å²) in [7, 11) is 1.75. The molecular formula is C14H20BrClO. The average molecular weight is 320 g/mol. The van der Waals surface area contributed by atoms with Crippen LogP contribution in [0.3, 0.4) is 0 Å². The fourth-order valence-electron chi connectivity index (χ4n) is 1.89. The van der Waals surface area contributed by atoms with Gasteiger partial charge in [-0.25, -0.2) is 0 Å². The lowest BCUT2D eigenvalue weighted by atomic mass is 9.87. The van der Waals surface area contributed by atoms with Crippen molar-refractivity contribution in [3.05, 3.63) is 34.9 Å². The summed E-state index contributed by atoms with van der Waals surface area (Å²) in [6, 6.07) is 8.10. The zero-order chi connectivity index (χ0) is 12.7. The maximum atomic E-state index is 6.19. The fourth-order valence-corrected chi connectivity index (χ4v) is 2.97. The van der Waals surface area contributed by atoms with Crippen molar-refractivity contribution >= 4 is 27.5 Å². The molecule has 0 saturated heterocycles. The van der Waals surface area contributed by atoms with Crippen molar-refractivity contribution in [1.29, 1.82) is 0 Å². The Morgan fingerprint density at radius 2 is 2.06 bits per heavy atom. The molecule has 0 saturated carbocycles. The highest BCUT2D eigenvalue weighted by Gasteiger charge is 2.17. The standard InChI is InChI=1S/C14H20BrClO/c1-11(7-8-17-2)13(10-15)9-12-5-3-4-6-14(12)16/h3-6,11,13H,7-10H2,1-2H3. The monoisotopic (exact) mass is 318 g/mol. The molecule has 1 aromatic carbocycles. The van der Waals surface area contributed by atoms with Crippen molar-refractivity contribution in [2.75, 3.05) is 19.0 Å². The lowest BCUT2D eigenvalue weighted by molar-refractivity contribution is 0.168. The Kier molecular flexibility index (Phi) is 7.17. The van der Waals surface area contributed by atoms with Crippen LogP contribution in [0.1, 0.15) is 18.9 Å². The molecule has 1 rings (SSSR count). The third-order valence-electron chi connectivity index (χ3n) is 3.22. The van der Waals surface area contributed by atoms with E-state index in [4.69, 9.17) is 16.3 Å². The van der Waals surface area contributed by atoms with Crippen LogP contribution in [0.15, 0.2) is 24.3 Å². The predicted molar refractivity (Wildman–Crippen MR) is 78.1 cm³/mol. The van der Waals surface area contributed by atoms with Gasteiger partial charge in [-0.1, -0.05) is 52.7 Å². The summed E-state index contributed by atoms with van der Waals surface area (Å²) in [5, 5.41) is 1.88. The molecule has 0 aromatic heterocycles. The molecule has 0 N–H and O–H groups in total. The van der Waals surface area contributed by atoms with Crippen molar-refractivity contribution < 1.29 is 4.74 Å². The van der Waals surface area contributed by atoms with Crippen LogP contribution in [0.4, 0.5) is 0 Å². The summed E-state index contributed by atoms with van der Waals surface area (Å²) in [6.45, 7) is 3.11. The average Bonchev–Trinajstić information content (AvgIpc) is 2.35. The lowest BCUT2D eigenvalue weighted by Gasteiger charge is -2.22. The SMILES string of the molecule is COCCC(C)C(CBr)Cc1ccccc1Cl. The van der Waals surface area contributed by atoms with Gasteiger partial charge in [0.1, 0.15) is 0 Å². The van der Waals surface area contributed by atoms with E-state index in [1.165, 1.54) is 5.56 Å². The first-order valence-corrected chi connectivity index (χ1v) is 7.47. The number of halogens is 2. The Morgan fingerprint density at radius 3 is 2.65 bits per heavy atom. The van der Waals surface area contributed by atoms with Crippen LogP contribution < -0.4 is 0 Å². The van der Waals surface area contributed by atoms with Crippen LogP contribution in [-0.2, 0) is 11.2 Å². The summed E-state index contributed by atoms with van der Waals surface area (Å²) in [5.74, 6) is 1.23. The van der Waals surface area contributed by atoms with Gasteiger partial charge in [0.15, 0.2) is 0 Å². The van der Waals surface area contributed by atoms with Crippen LogP contribution in [0.5, 0.6) is 0 Å². The minimum Gasteiger partial charge on any atom is -0.385 e. The molecule has 2 atom stereocenters. The maximum absolute atomic E-state index is 6.19. The van der Waals surface area contributed by atoms with Crippen LogP contribution >= 0.6 is 27.5 Å². The predicted octanol–water partition coefficient (Wildman–Crippen LogP) is 4.57. The zero-order valence-electron chi connectivity index (χ0n) is 10.5. The van der Waals surface area contributed by atoms with E-state index in [-0.39, 0.29) is 0 Å². The van der Waals surface area contributed by atoms with E-state index >= 15 is 0 Å². The molecule has 0 aliphatic heterocycles. The van der Waals surface area contributed by atoms with E-state index in [0.717, 1.165) is 29.8 Å². The second-order valence-corrected chi connectivity index (χ2v) is 5.52. The van der Waals surface area contributed by atoms with E-state index in [2.05, 4.69) is 28.9 Å². The molecular weight excluding hydrogens is 300 g/mol. The molecule has 1 aromatic rings. The number of benzene rings is 1.